The summed E-state index contributed by atoms with van der Waals surface area (Å²) in [4.78, 5) is 15.5. The van der Waals surface area contributed by atoms with Crippen LogP contribution in [-0.4, -0.2) is 19.5 Å². The van der Waals surface area contributed by atoms with E-state index < -0.39 is 0 Å². The molecule has 0 N–H and O–H groups in total. The van der Waals surface area contributed by atoms with Crippen molar-refractivity contribution in [3.63, 3.8) is 0 Å². The number of fused-ring (bicyclic) bond motifs is 9. The summed E-state index contributed by atoms with van der Waals surface area (Å²) in [5.74, 6) is 1.85. The molecule has 49 heavy (non-hydrogen) atoms. The van der Waals surface area contributed by atoms with E-state index in [-0.39, 0.29) is 0 Å². The Morgan fingerprint density at radius 2 is 0.898 bits per heavy atom. The summed E-state index contributed by atoms with van der Waals surface area (Å²) >= 11 is 0. The number of para-hydroxylation sites is 1. The van der Waals surface area contributed by atoms with E-state index in [0.29, 0.717) is 17.6 Å². The molecule has 0 fully saturated rings. The van der Waals surface area contributed by atoms with Crippen LogP contribution in [0, 0.1) is 0 Å². The van der Waals surface area contributed by atoms with Crippen LogP contribution in [0.3, 0.4) is 0 Å². The van der Waals surface area contributed by atoms with Crippen molar-refractivity contribution >= 4 is 54.1 Å². The van der Waals surface area contributed by atoms with Crippen LogP contribution in [0.1, 0.15) is 0 Å². The molecule has 0 aliphatic carbocycles. The fourth-order valence-electron chi connectivity index (χ4n) is 7.36. The first-order valence-corrected chi connectivity index (χ1v) is 16.5. The quantitative estimate of drug-likeness (QED) is 0.183. The standard InChI is InChI=1S/C45H28N4/c1-3-12-29(13-4-1)34-17-11-18-35(28-34)44-46-43(33-15-5-2-6-16-33)47-45(48-44)49-38-21-10-9-20-37(38)42-39(49)27-26-32-25-24-31-23-22-30-14-7-8-19-36(30)40(31)41(32)42/h1-28H. The number of nitrogens with zero attached hydrogens (tertiary/aromatic N) is 4. The lowest BCUT2D eigenvalue weighted by Crippen LogP contribution is -2.06. The van der Waals surface area contributed by atoms with E-state index in [4.69, 9.17) is 15.0 Å². The molecule has 0 saturated carbocycles. The van der Waals surface area contributed by atoms with Gasteiger partial charge < -0.3 is 0 Å². The van der Waals surface area contributed by atoms with Crippen molar-refractivity contribution in [3.05, 3.63) is 170 Å². The van der Waals surface area contributed by atoms with Gasteiger partial charge in [0.05, 0.1) is 11.0 Å². The van der Waals surface area contributed by atoms with Gasteiger partial charge in [0, 0.05) is 27.3 Å². The molecule has 8 aromatic carbocycles. The zero-order valence-corrected chi connectivity index (χ0v) is 26.5. The third-order valence-corrected chi connectivity index (χ3v) is 9.61. The van der Waals surface area contributed by atoms with Gasteiger partial charge in [-0.15, -0.1) is 0 Å². The highest BCUT2D eigenvalue weighted by Crippen LogP contribution is 2.41. The summed E-state index contributed by atoms with van der Waals surface area (Å²) in [7, 11) is 0. The number of hydrogen-bond donors (Lipinski definition) is 0. The van der Waals surface area contributed by atoms with Crippen molar-refractivity contribution in [1.29, 1.82) is 0 Å². The van der Waals surface area contributed by atoms with Crippen LogP contribution in [0.15, 0.2) is 170 Å². The van der Waals surface area contributed by atoms with Crippen molar-refractivity contribution < 1.29 is 0 Å². The Kier molecular flexibility index (Phi) is 6.15. The summed E-state index contributed by atoms with van der Waals surface area (Å²) < 4.78 is 2.22. The minimum atomic E-state index is 0.588. The maximum Gasteiger partial charge on any atom is 0.238 e. The molecular weight excluding hydrogens is 597 g/mol. The first-order chi connectivity index (χ1) is 24.3. The van der Waals surface area contributed by atoms with E-state index in [1.54, 1.807) is 0 Å². The fourth-order valence-corrected chi connectivity index (χ4v) is 7.36. The first kappa shape index (κ1) is 27.5. The smallest absolute Gasteiger partial charge is 0.238 e. The molecule has 0 saturated heterocycles. The van der Waals surface area contributed by atoms with Crippen LogP contribution >= 0.6 is 0 Å². The molecule has 2 heterocycles. The molecule has 0 unspecified atom stereocenters. The van der Waals surface area contributed by atoms with Gasteiger partial charge in [-0.3, -0.25) is 4.57 Å². The van der Waals surface area contributed by atoms with Gasteiger partial charge in [0.2, 0.25) is 5.95 Å². The van der Waals surface area contributed by atoms with E-state index in [9.17, 15) is 0 Å². The SMILES string of the molecule is c1ccc(-c2cccc(-c3nc(-c4ccccc4)nc(-n4c5ccccc5c5c6c(ccc7ccc8ccccc8c76)ccc54)n3)c2)cc1. The highest BCUT2D eigenvalue weighted by Gasteiger charge is 2.20. The Balaban J connectivity index is 1.30. The molecule has 228 valence electrons. The van der Waals surface area contributed by atoms with Crippen molar-refractivity contribution in [2.45, 2.75) is 0 Å². The topological polar surface area (TPSA) is 43.6 Å². The molecule has 10 aromatic rings. The van der Waals surface area contributed by atoms with Gasteiger partial charge in [-0.25, -0.2) is 4.98 Å². The van der Waals surface area contributed by atoms with Crippen LogP contribution in [0.5, 0.6) is 0 Å². The Labute approximate surface area is 282 Å². The molecule has 0 amide bonds. The molecular formula is C45H28N4. The maximum absolute atomic E-state index is 5.24. The molecule has 0 radical (unpaired) electrons. The van der Waals surface area contributed by atoms with Gasteiger partial charge in [0.25, 0.3) is 0 Å². The summed E-state index contributed by atoms with van der Waals surface area (Å²) in [6.07, 6.45) is 0. The third-order valence-electron chi connectivity index (χ3n) is 9.61. The van der Waals surface area contributed by atoms with Crippen LogP contribution in [-0.2, 0) is 0 Å². The monoisotopic (exact) mass is 624 g/mol. The second kappa shape index (κ2) is 11.0. The highest BCUT2D eigenvalue weighted by atomic mass is 15.2. The average Bonchev–Trinajstić information content (AvgIpc) is 3.53. The van der Waals surface area contributed by atoms with Gasteiger partial charge in [0.15, 0.2) is 11.6 Å². The fraction of sp³-hybridized carbons (Fsp3) is 0. The molecule has 4 heteroatoms. The lowest BCUT2D eigenvalue weighted by atomic mass is 9.94. The summed E-state index contributed by atoms with van der Waals surface area (Å²) in [5, 5.41) is 9.79. The second-order valence-electron chi connectivity index (χ2n) is 12.5. The van der Waals surface area contributed by atoms with Crippen LogP contribution in [0.2, 0.25) is 0 Å². The van der Waals surface area contributed by atoms with Crippen molar-refractivity contribution in [1.82, 2.24) is 19.5 Å². The third kappa shape index (κ3) is 4.42. The van der Waals surface area contributed by atoms with Crippen LogP contribution < -0.4 is 0 Å². The van der Waals surface area contributed by atoms with Gasteiger partial charge >= 0.3 is 0 Å². The number of hydrogen-bond acceptors (Lipinski definition) is 3. The maximum atomic E-state index is 5.24. The van der Waals surface area contributed by atoms with Gasteiger partial charge in [0.1, 0.15) is 0 Å². The Morgan fingerprint density at radius 3 is 1.69 bits per heavy atom. The minimum absolute atomic E-state index is 0.588. The molecule has 2 aromatic heterocycles. The predicted octanol–water partition coefficient (Wildman–Crippen LogP) is 11.4. The Morgan fingerprint density at radius 1 is 0.327 bits per heavy atom. The zero-order valence-electron chi connectivity index (χ0n) is 26.5. The first-order valence-electron chi connectivity index (χ1n) is 16.5. The largest absolute Gasteiger partial charge is 0.278 e. The Bertz CT molecular complexity index is 2870. The van der Waals surface area contributed by atoms with Crippen LogP contribution in [0.25, 0.3) is 94.0 Å². The van der Waals surface area contributed by atoms with E-state index in [0.717, 1.165) is 38.7 Å². The van der Waals surface area contributed by atoms with Crippen molar-refractivity contribution in [2.24, 2.45) is 0 Å². The molecule has 4 nitrogen and oxygen atoms in total. The summed E-state index contributed by atoms with van der Waals surface area (Å²) in [5.41, 5.74) is 6.25. The van der Waals surface area contributed by atoms with E-state index in [1.807, 2.05) is 24.3 Å². The molecule has 0 aliphatic rings. The van der Waals surface area contributed by atoms with Gasteiger partial charge in [-0.05, 0) is 56.3 Å². The minimum Gasteiger partial charge on any atom is -0.278 e. The molecule has 0 atom stereocenters. The number of aromatic nitrogens is 4. The number of rotatable bonds is 4. The Hall–Kier alpha value is -6.65. The van der Waals surface area contributed by atoms with E-state index in [2.05, 4.69) is 150 Å². The van der Waals surface area contributed by atoms with Gasteiger partial charge in [-0.2, -0.15) is 9.97 Å². The lowest BCUT2D eigenvalue weighted by Gasteiger charge is -2.12. The van der Waals surface area contributed by atoms with Crippen molar-refractivity contribution in [2.75, 3.05) is 0 Å². The number of benzene rings is 8. The molecule has 0 aliphatic heterocycles. The van der Waals surface area contributed by atoms with Crippen molar-refractivity contribution in [3.8, 4) is 39.9 Å². The predicted molar refractivity (Wildman–Crippen MR) is 203 cm³/mol. The second-order valence-corrected chi connectivity index (χ2v) is 12.5. The lowest BCUT2D eigenvalue weighted by molar-refractivity contribution is 0.953. The van der Waals surface area contributed by atoms with Gasteiger partial charge in [-0.1, -0.05) is 152 Å². The molecule has 0 bridgehead atoms. The zero-order chi connectivity index (χ0) is 32.3. The normalized spacial score (nSPS) is 11.7. The highest BCUT2D eigenvalue weighted by molar-refractivity contribution is 6.32. The summed E-state index contributed by atoms with van der Waals surface area (Å²) in [6.45, 7) is 0. The molecule has 0 spiro atoms. The van der Waals surface area contributed by atoms with E-state index >= 15 is 0 Å². The molecule has 10 rings (SSSR count). The van der Waals surface area contributed by atoms with E-state index in [1.165, 1.54) is 37.7 Å². The average molecular weight is 625 g/mol. The summed E-state index contributed by atoms with van der Waals surface area (Å²) in [6, 6.07) is 59.7. The van der Waals surface area contributed by atoms with Crippen LogP contribution in [0.4, 0.5) is 0 Å².